The molecule has 0 bridgehead atoms. The number of pyridine rings is 1. The lowest BCUT2D eigenvalue weighted by atomic mass is 10.1. The minimum absolute atomic E-state index is 0.0153. The first-order chi connectivity index (χ1) is 13.5. The van der Waals surface area contributed by atoms with Crippen LogP contribution in [0.15, 0.2) is 48.8 Å². The van der Waals surface area contributed by atoms with Gasteiger partial charge in [-0.25, -0.2) is 0 Å². The third-order valence-corrected chi connectivity index (χ3v) is 5.02. The van der Waals surface area contributed by atoms with Crippen LogP contribution in [0.5, 0.6) is 0 Å². The molecule has 2 N–H and O–H groups in total. The molecule has 2 aromatic rings. The number of carbonyl (C=O) groups is 2. The highest BCUT2D eigenvalue weighted by molar-refractivity contribution is 6.39. The van der Waals surface area contributed by atoms with E-state index in [2.05, 4.69) is 32.5 Å². The van der Waals surface area contributed by atoms with Crippen LogP contribution < -0.4 is 10.6 Å². The summed E-state index contributed by atoms with van der Waals surface area (Å²) in [6.07, 6.45) is 3.56. The number of carbonyl (C=O) groups excluding carboxylic acids is 2. The monoisotopic (exact) mass is 381 g/mol. The molecule has 2 heterocycles. The summed E-state index contributed by atoms with van der Waals surface area (Å²) in [4.78, 5) is 33.4. The van der Waals surface area contributed by atoms with Crippen molar-refractivity contribution in [3.63, 3.8) is 0 Å². The molecule has 28 heavy (non-hydrogen) atoms. The van der Waals surface area contributed by atoms with Gasteiger partial charge in [0, 0.05) is 50.8 Å². The van der Waals surface area contributed by atoms with Crippen LogP contribution in [0, 0.1) is 6.92 Å². The molecule has 0 radical (unpaired) electrons. The van der Waals surface area contributed by atoms with Crippen molar-refractivity contribution in [3.8, 4) is 0 Å². The van der Waals surface area contributed by atoms with Gasteiger partial charge in [0.05, 0.1) is 6.04 Å². The van der Waals surface area contributed by atoms with Crippen molar-refractivity contribution < 1.29 is 9.59 Å². The molecule has 1 aliphatic rings. The van der Waals surface area contributed by atoms with Crippen LogP contribution in [0.4, 0.5) is 5.69 Å². The van der Waals surface area contributed by atoms with Crippen LogP contribution >= 0.6 is 0 Å². The van der Waals surface area contributed by atoms with Crippen molar-refractivity contribution in [1.82, 2.24) is 20.1 Å². The van der Waals surface area contributed by atoms with Gasteiger partial charge in [-0.05, 0) is 37.7 Å². The summed E-state index contributed by atoms with van der Waals surface area (Å²) >= 11 is 0. The Labute approximate surface area is 165 Å². The summed E-state index contributed by atoms with van der Waals surface area (Å²) < 4.78 is 0. The Morgan fingerprint density at radius 3 is 2.43 bits per heavy atom. The molecule has 0 aliphatic carbocycles. The number of likely N-dealkylation sites (N-methyl/N-ethyl adjacent to an activating group) is 1. The first kappa shape index (κ1) is 20.0. The van der Waals surface area contributed by atoms with Gasteiger partial charge in [-0.1, -0.05) is 23.8 Å². The fraction of sp³-hybridized carbons (Fsp3) is 0.381. The Balaban J connectivity index is 1.61. The number of amides is 2. The molecule has 1 aromatic heterocycles. The Kier molecular flexibility index (Phi) is 6.73. The van der Waals surface area contributed by atoms with E-state index in [0.29, 0.717) is 12.2 Å². The first-order valence-corrected chi connectivity index (χ1v) is 9.51. The summed E-state index contributed by atoms with van der Waals surface area (Å²) in [6.45, 7) is 6.07. The minimum atomic E-state index is -0.660. The molecular formula is C21H27N5O2. The molecule has 1 fully saturated rings. The molecular weight excluding hydrogens is 354 g/mol. The van der Waals surface area contributed by atoms with Crippen LogP contribution in [0.3, 0.4) is 0 Å². The van der Waals surface area contributed by atoms with Crippen molar-refractivity contribution in [2.75, 3.05) is 45.1 Å². The highest BCUT2D eigenvalue weighted by Crippen LogP contribution is 2.20. The standard InChI is InChI=1S/C21H27N5O2/c1-16-5-7-18(8-6-16)24-21(28)20(27)23-15-19(17-4-3-9-22-14-17)26-12-10-25(2)11-13-26/h3-9,14,19H,10-13,15H2,1-2H3,(H,23,27)(H,24,28)/t19-/m0/s1. The van der Waals surface area contributed by atoms with E-state index < -0.39 is 11.8 Å². The van der Waals surface area contributed by atoms with Gasteiger partial charge < -0.3 is 15.5 Å². The van der Waals surface area contributed by atoms with Gasteiger partial charge in [0.1, 0.15) is 0 Å². The van der Waals surface area contributed by atoms with Crippen LogP contribution in [-0.4, -0.2) is 66.4 Å². The first-order valence-electron chi connectivity index (χ1n) is 9.51. The van der Waals surface area contributed by atoms with E-state index in [0.717, 1.165) is 37.3 Å². The Bertz CT molecular complexity index is 786. The molecule has 1 aliphatic heterocycles. The number of hydrogen-bond acceptors (Lipinski definition) is 5. The SMILES string of the molecule is Cc1ccc(NC(=O)C(=O)NC[C@@H](c2cccnc2)N2CCN(C)CC2)cc1. The zero-order chi connectivity index (χ0) is 19.9. The molecule has 2 amide bonds. The number of hydrogen-bond donors (Lipinski definition) is 2. The summed E-state index contributed by atoms with van der Waals surface area (Å²) in [7, 11) is 2.10. The number of rotatable bonds is 5. The number of aryl methyl sites for hydroxylation is 1. The highest BCUT2D eigenvalue weighted by atomic mass is 16.2. The fourth-order valence-corrected chi connectivity index (χ4v) is 3.26. The zero-order valence-electron chi connectivity index (χ0n) is 16.4. The predicted molar refractivity (Wildman–Crippen MR) is 109 cm³/mol. The second-order valence-electron chi connectivity index (χ2n) is 7.17. The van der Waals surface area contributed by atoms with E-state index in [9.17, 15) is 9.59 Å². The molecule has 0 spiro atoms. The fourth-order valence-electron chi connectivity index (χ4n) is 3.26. The lowest BCUT2D eigenvalue weighted by Gasteiger charge is -2.38. The van der Waals surface area contributed by atoms with Gasteiger partial charge in [0.2, 0.25) is 0 Å². The molecule has 7 nitrogen and oxygen atoms in total. The van der Waals surface area contributed by atoms with Crippen LogP contribution in [0.1, 0.15) is 17.2 Å². The van der Waals surface area contributed by atoms with Crippen molar-refractivity contribution in [2.24, 2.45) is 0 Å². The molecule has 0 unspecified atom stereocenters. The second-order valence-corrected chi connectivity index (χ2v) is 7.17. The van der Waals surface area contributed by atoms with Gasteiger partial charge in [-0.15, -0.1) is 0 Å². The normalized spacial score (nSPS) is 16.4. The number of benzene rings is 1. The average Bonchev–Trinajstić information content (AvgIpc) is 2.71. The number of anilines is 1. The van der Waals surface area contributed by atoms with E-state index >= 15 is 0 Å². The third-order valence-electron chi connectivity index (χ3n) is 5.02. The lowest BCUT2D eigenvalue weighted by Crippen LogP contribution is -2.49. The van der Waals surface area contributed by atoms with E-state index in [-0.39, 0.29) is 6.04 Å². The van der Waals surface area contributed by atoms with Gasteiger partial charge in [-0.3, -0.25) is 19.5 Å². The van der Waals surface area contributed by atoms with Crippen molar-refractivity contribution in [3.05, 3.63) is 59.9 Å². The van der Waals surface area contributed by atoms with Gasteiger partial charge >= 0.3 is 11.8 Å². The van der Waals surface area contributed by atoms with E-state index in [1.807, 2.05) is 37.4 Å². The number of aromatic nitrogens is 1. The third kappa shape index (κ3) is 5.37. The van der Waals surface area contributed by atoms with Crippen LogP contribution in [0.2, 0.25) is 0 Å². The lowest BCUT2D eigenvalue weighted by molar-refractivity contribution is -0.136. The predicted octanol–water partition coefficient (Wildman–Crippen LogP) is 1.43. The molecule has 3 rings (SSSR count). The van der Waals surface area contributed by atoms with E-state index in [1.165, 1.54) is 0 Å². The van der Waals surface area contributed by atoms with Crippen molar-refractivity contribution >= 4 is 17.5 Å². The molecule has 148 valence electrons. The van der Waals surface area contributed by atoms with E-state index in [4.69, 9.17) is 0 Å². The second kappa shape index (κ2) is 9.43. The number of nitrogens with one attached hydrogen (secondary N) is 2. The zero-order valence-corrected chi connectivity index (χ0v) is 16.4. The Morgan fingerprint density at radius 2 is 1.79 bits per heavy atom. The van der Waals surface area contributed by atoms with Crippen molar-refractivity contribution in [2.45, 2.75) is 13.0 Å². The highest BCUT2D eigenvalue weighted by Gasteiger charge is 2.25. The maximum absolute atomic E-state index is 12.3. The van der Waals surface area contributed by atoms with Gasteiger partial charge in [0.15, 0.2) is 0 Å². The maximum atomic E-state index is 12.3. The van der Waals surface area contributed by atoms with E-state index in [1.54, 1.807) is 18.3 Å². The average molecular weight is 381 g/mol. The minimum Gasteiger partial charge on any atom is -0.346 e. The number of piperazine rings is 1. The molecule has 1 aromatic carbocycles. The topological polar surface area (TPSA) is 77.6 Å². The Morgan fingerprint density at radius 1 is 1.07 bits per heavy atom. The molecule has 1 atom stereocenters. The quantitative estimate of drug-likeness (QED) is 0.767. The smallest absolute Gasteiger partial charge is 0.313 e. The van der Waals surface area contributed by atoms with Crippen molar-refractivity contribution in [1.29, 1.82) is 0 Å². The maximum Gasteiger partial charge on any atom is 0.313 e. The summed E-state index contributed by atoms with van der Waals surface area (Å²) in [5, 5.41) is 5.42. The van der Waals surface area contributed by atoms with Gasteiger partial charge in [-0.2, -0.15) is 0 Å². The summed E-state index contributed by atoms with van der Waals surface area (Å²) in [5.41, 5.74) is 2.73. The molecule has 7 heteroatoms. The van der Waals surface area contributed by atoms with Crippen LogP contribution in [-0.2, 0) is 9.59 Å². The molecule has 0 saturated carbocycles. The van der Waals surface area contributed by atoms with Gasteiger partial charge in [0.25, 0.3) is 0 Å². The molecule has 1 saturated heterocycles. The Hall–Kier alpha value is -2.77. The largest absolute Gasteiger partial charge is 0.346 e. The summed E-state index contributed by atoms with van der Waals surface area (Å²) in [6, 6.07) is 11.2. The van der Waals surface area contributed by atoms with Crippen LogP contribution in [0.25, 0.3) is 0 Å². The summed E-state index contributed by atoms with van der Waals surface area (Å²) in [5.74, 6) is -1.30. The number of nitrogens with zero attached hydrogens (tertiary/aromatic N) is 3.